The fraction of sp³-hybridized carbons (Fsp3) is 0.800. The molecule has 2 atom stereocenters. The van der Waals surface area contributed by atoms with Gasteiger partial charge < -0.3 is 0 Å². The number of rotatable bonds is 3. The summed E-state index contributed by atoms with van der Waals surface area (Å²) in [7, 11) is 0. The molecule has 0 spiro atoms. The second-order valence-corrected chi connectivity index (χ2v) is 4.63. The Morgan fingerprint density at radius 1 is 1.31 bits per heavy atom. The minimum absolute atomic E-state index is 0.679. The van der Waals surface area contributed by atoms with Crippen LogP contribution in [0.4, 0.5) is 0 Å². The maximum absolute atomic E-state index is 4.69. The second-order valence-electron chi connectivity index (χ2n) is 4.63. The van der Waals surface area contributed by atoms with Crippen LogP contribution in [0.5, 0.6) is 0 Å². The monoisotopic (exact) mass is 223 g/mol. The van der Waals surface area contributed by atoms with Crippen molar-refractivity contribution < 1.29 is 0 Å². The Morgan fingerprint density at radius 2 is 1.94 bits per heavy atom. The van der Waals surface area contributed by atoms with E-state index in [4.69, 9.17) is 4.99 Å². The summed E-state index contributed by atoms with van der Waals surface area (Å²) in [5, 5.41) is 0. The summed E-state index contributed by atoms with van der Waals surface area (Å²) in [6, 6.07) is 0. The van der Waals surface area contributed by atoms with Crippen molar-refractivity contribution in [3.05, 3.63) is 11.8 Å². The van der Waals surface area contributed by atoms with Gasteiger partial charge in [0.1, 0.15) is 0 Å². The quantitative estimate of drug-likeness (QED) is 0.621. The van der Waals surface area contributed by atoms with Gasteiger partial charge in [0, 0.05) is 11.4 Å². The van der Waals surface area contributed by atoms with E-state index < -0.39 is 0 Å². The average molecular weight is 223 g/mol. The Hall–Kier alpha value is -0.590. The third-order valence-electron chi connectivity index (χ3n) is 3.11. The molecule has 0 aliphatic carbocycles. The lowest BCUT2D eigenvalue weighted by atomic mass is 9.90. The standard InChI is InChI=1S/C13H23N.C2H6/c1-5-6-7-13-9-11(3)10(2)8-12(4)14-13;1-2/h8,10-11H,5-7,9H2,1-4H3;1-2H3. The van der Waals surface area contributed by atoms with Gasteiger partial charge in [-0.05, 0) is 38.0 Å². The summed E-state index contributed by atoms with van der Waals surface area (Å²) in [5.41, 5.74) is 2.63. The molecule has 0 radical (unpaired) electrons. The zero-order valence-electron chi connectivity index (χ0n) is 12.0. The Morgan fingerprint density at radius 3 is 2.50 bits per heavy atom. The second kappa shape index (κ2) is 8.55. The summed E-state index contributed by atoms with van der Waals surface area (Å²) in [6.07, 6.45) is 7.25. The molecule has 1 rings (SSSR count). The predicted octanol–water partition coefficient (Wildman–Crippen LogP) is 5.22. The third kappa shape index (κ3) is 5.48. The Balaban J connectivity index is 0.00000106. The van der Waals surface area contributed by atoms with Gasteiger partial charge in [-0.25, -0.2) is 0 Å². The fourth-order valence-electron chi connectivity index (χ4n) is 1.97. The van der Waals surface area contributed by atoms with E-state index in [0.29, 0.717) is 5.92 Å². The summed E-state index contributed by atoms with van der Waals surface area (Å²) >= 11 is 0. The van der Waals surface area contributed by atoms with Crippen molar-refractivity contribution in [2.45, 2.75) is 67.2 Å². The smallest absolute Gasteiger partial charge is 0.0335 e. The van der Waals surface area contributed by atoms with Crippen LogP contribution in [0, 0.1) is 11.8 Å². The highest BCUT2D eigenvalue weighted by atomic mass is 14.8. The van der Waals surface area contributed by atoms with Crippen LogP contribution >= 0.6 is 0 Å². The van der Waals surface area contributed by atoms with E-state index in [2.05, 4.69) is 33.8 Å². The topological polar surface area (TPSA) is 12.4 Å². The molecular formula is C15H29N. The van der Waals surface area contributed by atoms with E-state index >= 15 is 0 Å². The van der Waals surface area contributed by atoms with Crippen molar-refractivity contribution in [1.29, 1.82) is 0 Å². The van der Waals surface area contributed by atoms with E-state index in [1.54, 1.807) is 0 Å². The summed E-state index contributed by atoms with van der Waals surface area (Å²) in [6.45, 7) is 13.0. The highest BCUT2D eigenvalue weighted by Gasteiger charge is 2.16. The van der Waals surface area contributed by atoms with Crippen LogP contribution in [-0.4, -0.2) is 5.71 Å². The number of hydrogen-bond acceptors (Lipinski definition) is 1. The SMILES string of the molecule is CC.CCCCC1=NC(C)=CC(C)C(C)C1. The van der Waals surface area contributed by atoms with E-state index in [1.807, 2.05) is 13.8 Å². The van der Waals surface area contributed by atoms with Gasteiger partial charge in [-0.15, -0.1) is 0 Å². The van der Waals surface area contributed by atoms with Crippen molar-refractivity contribution in [3.63, 3.8) is 0 Å². The van der Waals surface area contributed by atoms with Crippen molar-refractivity contribution >= 4 is 5.71 Å². The molecule has 0 aromatic carbocycles. The summed E-state index contributed by atoms with van der Waals surface area (Å²) in [4.78, 5) is 4.69. The average Bonchev–Trinajstić information content (AvgIpc) is 2.39. The highest BCUT2D eigenvalue weighted by Crippen LogP contribution is 2.24. The number of hydrogen-bond donors (Lipinski definition) is 0. The first-order chi connectivity index (χ1) is 7.63. The van der Waals surface area contributed by atoms with Crippen LogP contribution in [0.25, 0.3) is 0 Å². The molecule has 0 aromatic rings. The van der Waals surface area contributed by atoms with Crippen LogP contribution in [0.15, 0.2) is 16.8 Å². The number of unbranched alkanes of at least 4 members (excludes halogenated alkanes) is 1. The molecule has 0 amide bonds. The van der Waals surface area contributed by atoms with Gasteiger partial charge in [-0.2, -0.15) is 0 Å². The molecule has 16 heavy (non-hydrogen) atoms. The zero-order valence-corrected chi connectivity index (χ0v) is 12.0. The Bertz CT molecular complexity index is 238. The molecular weight excluding hydrogens is 194 g/mol. The minimum atomic E-state index is 0.679. The fourth-order valence-corrected chi connectivity index (χ4v) is 1.97. The summed E-state index contributed by atoms with van der Waals surface area (Å²) in [5.74, 6) is 1.43. The molecule has 1 nitrogen and oxygen atoms in total. The lowest BCUT2D eigenvalue weighted by Gasteiger charge is -2.14. The van der Waals surface area contributed by atoms with Gasteiger partial charge in [0.05, 0.1) is 0 Å². The summed E-state index contributed by atoms with van der Waals surface area (Å²) < 4.78 is 0. The molecule has 0 fully saturated rings. The first-order valence-corrected chi connectivity index (χ1v) is 6.88. The van der Waals surface area contributed by atoms with Crippen LogP contribution in [0.3, 0.4) is 0 Å². The Kier molecular flexibility index (Phi) is 8.23. The number of aliphatic imine (C=N–C) groups is 1. The maximum Gasteiger partial charge on any atom is 0.0335 e. The van der Waals surface area contributed by atoms with Gasteiger partial charge in [-0.3, -0.25) is 4.99 Å². The molecule has 1 aliphatic rings. The molecule has 94 valence electrons. The minimum Gasteiger partial charge on any atom is -0.263 e. The largest absolute Gasteiger partial charge is 0.263 e. The highest BCUT2D eigenvalue weighted by molar-refractivity contribution is 5.85. The van der Waals surface area contributed by atoms with E-state index in [-0.39, 0.29) is 0 Å². The van der Waals surface area contributed by atoms with Gasteiger partial charge in [0.15, 0.2) is 0 Å². The Labute approximate surface area is 102 Å². The van der Waals surface area contributed by atoms with E-state index in [1.165, 1.54) is 37.1 Å². The van der Waals surface area contributed by atoms with Crippen molar-refractivity contribution in [2.75, 3.05) is 0 Å². The van der Waals surface area contributed by atoms with Crippen molar-refractivity contribution in [3.8, 4) is 0 Å². The molecule has 2 unspecified atom stereocenters. The predicted molar refractivity (Wildman–Crippen MR) is 75.0 cm³/mol. The van der Waals surface area contributed by atoms with Crippen LogP contribution in [0.2, 0.25) is 0 Å². The van der Waals surface area contributed by atoms with Gasteiger partial charge in [0.2, 0.25) is 0 Å². The van der Waals surface area contributed by atoms with Gasteiger partial charge >= 0.3 is 0 Å². The third-order valence-corrected chi connectivity index (χ3v) is 3.11. The van der Waals surface area contributed by atoms with E-state index in [9.17, 15) is 0 Å². The van der Waals surface area contributed by atoms with Gasteiger partial charge in [-0.1, -0.05) is 47.1 Å². The molecule has 0 saturated heterocycles. The first-order valence-electron chi connectivity index (χ1n) is 6.88. The maximum atomic E-state index is 4.69. The van der Waals surface area contributed by atoms with Crippen LogP contribution in [0.1, 0.15) is 67.2 Å². The van der Waals surface area contributed by atoms with Crippen molar-refractivity contribution in [2.24, 2.45) is 16.8 Å². The zero-order chi connectivity index (χ0) is 12.6. The van der Waals surface area contributed by atoms with Crippen molar-refractivity contribution in [1.82, 2.24) is 0 Å². The first kappa shape index (κ1) is 15.4. The number of nitrogens with zero attached hydrogens (tertiary/aromatic N) is 1. The molecule has 1 aliphatic heterocycles. The number of allylic oxidation sites excluding steroid dienone is 2. The lowest BCUT2D eigenvalue weighted by molar-refractivity contribution is 0.476. The normalized spacial score (nSPS) is 24.9. The molecule has 0 N–H and O–H groups in total. The van der Waals surface area contributed by atoms with Gasteiger partial charge in [0.25, 0.3) is 0 Å². The molecule has 0 saturated carbocycles. The molecule has 1 heteroatoms. The molecule has 0 bridgehead atoms. The lowest BCUT2D eigenvalue weighted by Crippen LogP contribution is -2.09. The van der Waals surface area contributed by atoms with E-state index in [0.717, 1.165) is 5.92 Å². The van der Waals surface area contributed by atoms with Crippen LogP contribution < -0.4 is 0 Å². The van der Waals surface area contributed by atoms with Crippen LogP contribution in [-0.2, 0) is 0 Å². The molecule has 1 heterocycles. The molecule has 0 aromatic heterocycles.